The van der Waals surface area contributed by atoms with Gasteiger partial charge in [0.25, 0.3) is 5.19 Å². The average molecular weight is 228 g/mol. The maximum atomic E-state index is 11.2. The zero-order valence-electron chi connectivity index (χ0n) is 8.52. The van der Waals surface area contributed by atoms with Crippen LogP contribution in [-0.4, -0.2) is 24.7 Å². The molecule has 1 aromatic rings. The molecule has 0 aliphatic heterocycles. The van der Waals surface area contributed by atoms with Crippen molar-refractivity contribution in [2.75, 3.05) is 13.7 Å². The van der Waals surface area contributed by atoms with Gasteiger partial charge in [-0.05, 0) is 13.0 Å². The Balaban J connectivity index is 2.73. The minimum atomic E-state index is -0.523. The van der Waals surface area contributed by atoms with E-state index in [0.717, 1.165) is 4.88 Å². The van der Waals surface area contributed by atoms with Gasteiger partial charge in [-0.3, -0.25) is 0 Å². The highest BCUT2D eigenvalue weighted by Crippen LogP contribution is 2.21. The van der Waals surface area contributed by atoms with Crippen molar-refractivity contribution in [1.82, 2.24) is 4.98 Å². The molecule has 0 aliphatic rings. The van der Waals surface area contributed by atoms with Crippen LogP contribution in [0.15, 0.2) is 11.9 Å². The number of methoxy groups -OCH3 is 1. The van der Waals surface area contributed by atoms with Crippen molar-refractivity contribution in [2.45, 2.75) is 6.92 Å². The number of ether oxygens (including phenoxy) is 2. The minimum absolute atomic E-state index is 0.0585. The van der Waals surface area contributed by atoms with Crippen LogP contribution in [0.4, 0.5) is 0 Å². The Hall–Kier alpha value is -1.56. The number of carbonyl (C=O) groups excluding carboxylic acids is 1. The van der Waals surface area contributed by atoms with E-state index in [1.807, 2.05) is 0 Å². The van der Waals surface area contributed by atoms with E-state index in [-0.39, 0.29) is 5.70 Å². The summed E-state index contributed by atoms with van der Waals surface area (Å²) in [5.41, 5.74) is 5.57. The second kappa shape index (κ2) is 5.35. The van der Waals surface area contributed by atoms with E-state index < -0.39 is 5.97 Å². The maximum absolute atomic E-state index is 11.2. The molecule has 0 saturated carbocycles. The van der Waals surface area contributed by atoms with Gasteiger partial charge < -0.3 is 15.2 Å². The quantitative estimate of drug-likeness (QED) is 0.615. The van der Waals surface area contributed by atoms with Gasteiger partial charge in [-0.15, -0.1) is 0 Å². The first-order valence-corrected chi connectivity index (χ1v) is 5.13. The van der Waals surface area contributed by atoms with Crippen LogP contribution in [0.3, 0.4) is 0 Å². The van der Waals surface area contributed by atoms with Gasteiger partial charge in [-0.25, -0.2) is 9.78 Å². The predicted octanol–water partition coefficient (Wildman–Crippen LogP) is 1.01. The van der Waals surface area contributed by atoms with Gasteiger partial charge in [-0.2, -0.15) is 0 Å². The number of hydrogen-bond donors (Lipinski definition) is 1. The number of nitrogens with zero attached hydrogens (tertiary/aromatic N) is 1. The van der Waals surface area contributed by atoms with Gasteiger partial charge in [0.15, 0.2) is 0 Å². The molecule has 0 unspecified atom stereocenters. The third kappa shape index (κ3) is 3.25. The second-order valence-electron chi connectivity index (χ2n) is 2.55. The molecule has 0 bridgehead atoms. The first-order chi connectivity index (χ1) is 7.17. The summed E-state index contributed by atoms with van der Waals surface area (Å²) < 4.78 is 9.64. The van der Waals surface area contributed by atoms with Crippen LogP contribution < -0.4 is 10.5 Å². The van der Waals surface area contributed by atoms with Crippen molar-refractivity contribution in [3.63, 3.8) is 0 Å². The Bertz CT molecular complexity index is 373. The lowest BCUT2D eigenvalue weighted by atomic mass is 10.4. The highest BCUT2D eigenvalue weighted by Gasteiger charge is 2.07. The van der Waals surface area contributed by atoms with E-state index in [4.69, 9.17) is 15.2 Å². The number of aromatic nitrogens is 1. The van der Waals surface area contributed by atoms with Crippen LogP contribution in [-0.2, 0) is 9.53 Å². The molecule has 1 heterocycles. The van der Waals surface area contributed by atoms with Crippen LogP contribution >= 0.6 is 11.3 Å². The summed E-state index contributed by atoms with van der Waals surface area (Å²) in [5.74, 6) is -0.523. The van der Waals surface area contributed by atoms with Gasteiger partial charge in [-0.1, -0.05) is 11.3 Å². The summed E-state index contributed by atoms with van der Waals surface area (Å²) in [6.07, 6.45) is 3.09. The smallest absolute Gasteiger partial charge is 0.354 e. The summed E-state index contributed by atoms with van der Waals surface area (Å²) in [4.78, 5) is 15.8. The molecule has 82 valence electrons. The number of thiazole rings is 1. The monoisotopic (exact) mass is 228 g/mol. The first kappa shape index (κ1) is 11.5. The van der Waals surface area contributed by atoms with Crippen molar-refractivity contribution in [1.29, 1.82) is 0 Å². The number of rotatable bonds is 4. The number of carbonyl (C=O) groups is 1. The van der Waals surface area contributed by atoms with Gasteiger partial charge in [0.05, 0.1) is 18.6 Å². The molecular formula is C9H12N2O3S. The summed E-state index contributed by atoms with van der Waals surface area (Å²) >= 11 is 1.30. The molecular weight excluding hydrogens is 216 g/mol. The van der Waals surface area contributed by atoms with Crippen LogP contribution in [0.1, 0.15) is 11.8 Å². The van der Waals surface area contributed by atoms with Crippen LogP contribution in [0, 0.1) is 0 Å². The summed E-state index contributed by atoms with van der Waals surface area (Å²) in [6, 6.07) is 0. The normalized spacial score (nSPS) is 11.2. The van der Waals surface area contributed by atoms with Crippen LogP contribution in [0.25, 0.3) is 6.08 Å². The molecule has 5 nitrogen and oxygen atoms in total. The first-order valence-electron chi connectivity index (χ1n) is 4.31. The van der Waals surface area contributed by atoms with Crippen molar-refractivity contribution < 1.29 is 14.3 Å². The Morgan fingerprint density at radius 2 is 2.47 bits per heavy atom. The Morgan fingerprint density at radius 3 is 3.00 bits per heavy atom. The third-order valence-electron chi connectivity index (χ3n) is 1.49. The van der Waals surface area contributed by atoms with Gasteiger partial charge >= 0.3 is 5.97 Å². The lowest BCUT2D eigenvalue weighted by molar-refractivity contribution is -0.138. The predicted molar refractivity (Wildman–Crippen MR) is 57.5 cm³/mol. The van der Waals surface area contributed by atoms with E-state index in [2.05, 4.69) is 4.98 Å². The van der Waals surface area contributed by atoms with Gasteiger partial charge in [0.2, 0.25) is 0 Å². The summed E-state index contributed by atoms with van der Waals surface area (Å²) in [7, 11) is 1.53. The lowest BCUT2D eigenvalue weighted by Gasteiger charge is -1.99. The number of esters is 1. The third-order valence-corrected chi connectivity index (χ3v) is 2.39. The highest BCUT2D eigenvalue weighted by atomic mass is 32.1. The SMILES string of the molecule is CCOC(=O)/C(N)=C/c1cnc(OC)s1. The van der Waals surface area contributed by atoms with E-state index >= 15 is 0 Å². The maximum Gasteiger partial charge on any atom is 0.354 e. The fourth-order valence-corrected chi connectivity index (χ4v) is 1.54. The number of nitrogens with two attached hydrogens (primary N) is 1. The molecule has 15 heavy (non-hydrogen) atoms. The molecule has 2 N–H and O–H groups in total. The summed E-state index contributed by atoms with van der Waals surface area (Å²) in [5, 5.41) is 0.526. The molecule has 6 heteroatoms. The molecule has 1 aromatic heterocycles. The topological polar surface area (TPSA) is 74.4 Å². The van der Waals surface area contributed by atoms with Gasteiger partial charge in [0.1, 0.15) is 5.70 Å². The average Bonchev–Trinajstić information content (AvgIpc) is 2.66. The molecule has 0 aliphatic carbocycles. The lowest BCUT2D eigenvalue weighted by Crippen LogP contribution is -2.14. The summed E-state index contributed by atoms with van der Waals surface area (Å²) in [6.45, 7) is 2.03. The van der Waals surface area contributed by atoms with Crippen molar-refractivity contribution in [3.8, 4) is 5.19 Å². The minimum Gasteiger partial charge on any atom is -0.473 e. The van der Waals surface area contributed by atoms with Crippen molar-refractivity contribution >= 4 is 23.4 Å². The standard InChI is InChI=1S/C9H12N2O3S/c1-3-14-8(12)7(10)4-6-5-11-9(13-2)15-6/h4-5H,3,10H2,1-2H3/b7-4-. The fourth-order valence-electron chi connectivity index (χ4n) is 0.858. The van der Waals surface area contributed by atoms with Crippen LogP contribution in [0.5, 0.6) is 5.19 Å². The second-order valence-corrected chi connectivity index (χ2v) is 3.58. The molecule has 0 amide bonds. The van der Waals surface area contributed by atoms with Crippen LogP contribution in [0.2, 0.25) is 0 Å². The molecule has 0 saturated heterocycles. The van der Waals surface area contributed by atoms with Gasteiger partial charge in [0, 0.05) is 6.20 Å². The zero-order chi connectivity index (χ0) is 11.3. The van der Waals surface area contributed by atoms with E-state index in [9.17, 15) is 4.79 Å². The Morgan fingerprint density at radius 1 is 1.73 bits per heavy atom. The largest absolute Gasteiger partial charge is 0.473 e. The Kier molecular flexibility index (Phi) is 4.11. The zero-order valence-corrected chi connectivity index (χ0v) is 9.34. The molecule has 0 fully saturated rings. The van der Waals surface area contributed by atoms with Crippen molar-refractivity contribution in [2.24, 2.45) is 5.73 Å². The molecule has 0 spiro atoms. The Labute approximate surface area is 91.5 Å². The fraction of sp³-hybridized carbons (Fsp3) is 0.333. The van der Waals surface area contributed by atoms with E-state index in [1.54, 1.807) is 13.1 Å². The van der Waals surface area contributed by atoms with Crippen molar-refractivity contribution in [3.05, 3.63) is 16.8 Å². The van der Waals surface area contributed by atoms with E-state index in [1.165, 1.54) is 24.5 Å². The molecule has 1 rings (SSSR count). The molecule has 0 aromatic carbocycles. The highest BCUT2D eigenvalue weighted by molar-refractivity contribution is 7.14. The molecule has 0 radical (unpaired) electrons. The molecule has 0 atom stereocenters. The van der Waals surface area contributed by atoms with E-state index in [0.29, 0.717) is 11.8 Å². The number of hydrogen-bond acceptors (Lipinski definition) is 6.